The molecule has 0 amide bonds. The molecule has 0 radical (unpaired) electrons. The van der Waals surface area contributed by atoms with Crippen molar-refractivity contribution in [2.75, 3.05) is 6.61 Å². The van der Waals surface area contributed by atoms with Gasteiger partial charge in [-0.15, -0.1) is 0 Å². The van der Waals surface area contributed by atoms with Gasteiger partial charge in [0.05, 0.1) is 0 Å². The van der Waals surface area contributed by atoms with E-state index in [0.29, 0.717) is 24.2 Å². The van der Waals surface area contributed by atoms with E-state index in [1.165, 1.54) is 0 Å². The van der Waals surface area contributed by atoms with Gasteiger partial charge in [0.2, 0.25) is 0 Å². The molecule has 1 aliphatic rings. The van der Waals surface area contributed by atoms with E-state index in [9.17, 15) is 4.79 Å². The van der Waals surface area contributed by atoms with Crippen molar-refractivity contribution in [3.8, 4) is 0 Å². The average molecular weight is 337 g/mol. The lowest BCUT2D eigenvalue weighted by molar-refractivity contribution is -0.114. The van der Waals surface area contributed by atoms with Gasteiger partial charge in [-0.25, -0.2) is 0 Å². The number of ketones is 1. The summed E-state index contributed by atoms with van der Waals surface area (Å²) in [5.41, 5.74) is 0. The molecule has 0 aromatic rings. The number of carbonyl (C=O) groups excluding carboxylic acids is 1. The van der Waals surface area contributed by atoms with E-state index in [1.54, 1.807) is 6.08 Å². The van der Waals surface area contributed by atoms with Crippen molar-refractivity contribution in [2.45, 2.75) is 72.0 Å². The van der Waals surface area contributed by atoms with Crippen LogP contribution in [0.25, 0.3) is 0 Å². The van der Waals surface area contributed by atoms with Gasteiger partial charge in [0.25, 0.3) is 0 Å². The highest BCUT2D eigenvalue weighted by molar-refractivity contribution is 6.74. The Hall–Kier alpha value is -0.673. The number of carbonyl (C=O) groups is 1. The second kappa shape index (κ2) is 8.43. The summed E-state index contributed by atoms with van der Waals surface area (Å²) in [7, 11) is -1.72. The number of rotatable bonds is 4. The fourth-order valence-corrected chi connectivity index (χ4v) is 3.52. The standard InChI is InChI=1S/C20H36O2Si/c1-16(2)18-12-11-17(9-8-10-19(21)14-13-18)15-22-23(6,7)20(3,4)5/h8,10-12,16-18H,9,13-15H2,1-7H3. The number of hydrogen-bond acceptors (Lipinski definition) is 2. The molecule has 3 heteroatoms. The quantitative estimate of drug-likeness (QED) is 0.482. The molecule has 1 aliphatic carbocycles. The van der Waals surface area contributed by atoms with Crippen LogP contribution in [0.2, 0.25) is 18.1 Å². The zero-order valence-electron chi connectivity index (χ0n) is 16.2. The Morgan fingerprint density at radius 3 is 2.48 bits per heavy atom. The zero-order chi connectivity index (χ0) is 17.7. The minimum absolute atomic E-state index is 0.235. The summed E-state index contributed by atoms with van der Waals surface area (Å²) in [4.78, 5) is 11.9. The molecule has 0 spiro atoms. The van der Waals surface area contributed by atoms with E-state index in [4.69, 9.17) is 4.43 Å². The average Bonchev–Trinajstić information content (AvgIpc) is 2.42. The van der Waals surface area contributed by atoms with Gasteiger partial charge >= 0.3 is 0 Å². The van der Waals surface area contributed by atoms with Crippen LogP contribution in [0.15, 0.2) is 24.3 Å². The van der Waals surface area contributed by atoms with Crippen molar-refractivity contribution in [2.24, 2.45) is 17.8 Å². The lowest BCUT2D eigenvalue weighted by Crippen LogP contribution is -2.41. The fourth-order valence-electron chi connectivity index (χ4n) is 2.45. The van der Waals surface area contributed by atoms with Crippen molar-refractivity contribution >= 4 is 14.1 Å². The summed E-state index contributed by atoms with van der Waals surface area (Å²) >= 11 is 0. The van der Waals surface area contributed by atoms with Crippen LogP contribution in [0.4, 0.5) is 0 Å². The second-order valence-corrected chi connectivity index (χ2v) is 13.6. The maximum absolute atomic E-state index is 11.9. The largest absolute Gasteiger partial charge is 0.416 e. The van der Waals surface area contributed by atoms with Gasteiger partial charge in [0.15, 0.2) is 14.1 Å². The minimum atomic E-state index is -1.72. The molecule has 0 saturated carbocycles. The molecule has 2 atom stereocenters. The normalized spacial score (nSPS) is 24.3. The van der Waals surface area contributed by atoms with Crippen LogP contribution in [-0.4, -0.2) is 20.7 Å². The highest BCUT2D eigenvalue weighted by Gasteiger charge is 2.37. The highest BCUT2D eigenvalue weighted by Crippen LogP contribution is 2.37. The van der Waals surface area contributed by atoms with Crippen molar-refractivity contribution in [3.05, 3.63) is 24.3 Å². The Morgan fingerprint density at radius 2 is 1.91 bits per heavy atom. The summed E-state index contributed by atoms with van der Waals surface area (Å²) in [6, 6.07) is 0. The molecule has 0 aromatic heterocycles. The van der Waals surface area contributed by atoms with E-state index in [2.05, 4.69) is 59.9 Å². The second-order valence-electron chi connectivity index (χ2n) is 8.77. The smallest absolute Gasteiger partial charge is 0.192 e. The molecule has 2 unspecified atom stereocenters. The lowest BCUT2D eigenvalue weighted by Gasteiger charge is -2.37. The van der Waals surface area contributed by atoms with Crippen LogP contribution < -0.4 is 0 Å². The van der Waals surface area contributed by atoms with Gasteiger partial charge < -0.3 is 4.43 Å². The molecular formula is C20H36O2Si. The van der Waals surface area contributed by atoms with E-state index in [1.807, 2.05) is 6.08 Å². The maximum Gasteiger partial charge on any atom is 0.192 e. The van der Waals surface area contributed by atoms with E-state index < -0.39 is 8.32 Å². The van der Waals surface area contributed by atoms with E-state index in [0.717, 1.165) is 19.4 Å². The van der Waals surface area contributed by atoms with Crippen LogP contribution in [0, 0.1) is 17.8 Å². The predicted octanol–water partition coefficient (Wildman–Crippen LogP) is 5.76. The van der Waals surface area contributed by atoms with Gasteiger partial charge in [-0.1, -0.05) is 52.8 Å². The summed E-state index contributed by atoms with van der Waals surface area (Å²) in [5.74, 6) is 1.69. The third-order valence-corrected chi connectivity index (χ3v) is 9.92. The summed E-state index contributed by atoms with van der Waals surface area (Å²) in [5, 5.41) is 0.235. The fraction of sp³-hybridized carbons (Fsp3) is 0.750. The summed E-state index contributed by atoms with van der Waals surface area (Å²) < 4.78 is 6.39. The van der Waals surface area contributed by atoms with Crippen LogP contribution in [0.1, 0.15) is 53.9 Å². The van der Waals surface area contributed by atoms with Gasteiger partial charge in [-0.3, -0.25) is 4.79 Å². The maximum atomic E-state index is 11.9. The van der Waals surface area contributed by atoms with Crippen molar-refractivity contribution < 1.29 is 9.22 Å². The molecule has 2 nitrogen and oxygen atoms in total. The monoisotopic (exact) mass is 336 g/mol. The van der Waals surface area contributed by atoms with E-state index in [-0.39, 0.29) is 10.8 Å². The van der Waals surface area contributed by atoms with Gasteiger partial charge in [-0.05, 0) is 48.9 Å². The first-order valence-corrected chi connectivity index (χ1v) is 12.0. The molecule has 0 heterocycles. The van der Waals surface area contributed by atoms with Crippen LogP contribution in [0.3, 0.4) is 0 Å². The Morgan fingerprint density at radius 1 is 1.26 bits per heavy atom. The van der Waals surface area contributed by atoms with Gasteiger partial charge in [-0.2, -0.15) is 0 Å². The topological polar surface area (TPSA) is 26.3 Å². The van der Waals surface area contributed by atoms with Crippen molar-refractivity contribution in [3.63, 3.8) is 0 Å². The van der Waals surface area contributed by atoms with E-state index >= 15 is 0 Å². The molecule has 0 aromatic carbocycles. The predicted molar refractivity (Wildman–Crippen MR) is 102 cm³/mol. The Balaban J connectivity index is 2.79. The molecule has 0 saturated heterocycles. The first kappa shape index (κ1) is 20.4. The third-order valence-electron chi connectivity index (χ3n) is 5.42. The zero-order valence-corrected chi connectivity index (χ0v) is 17.2. The lowest BCUT2D eigenvalue weighted by atomic mass is 9.88. The third kappa shape index (κ3) is 6.76. The van der Waals surface area contributed by atoms with Crippen molar-refractivity contribution in [1.82, 2.24) is 0 Å². The molecule has 0 aliphatic heterocycles. The Labute approximate surface area is 144 Å². The summed E-state index contributed by atoms with van der Waals surface area (Å²) in [6.45, 7) is 16.7. The molecular weight excluding hydrogens is 300 g/mol. The Bertz CT molecular complexity index is 441. The molecule has 23 heavy (non-hydrogen) atoms. The Kier molecular flexibility index (Phi) is 7.47. The molecule has 0 fully saturated rings. The summed E-state index contributed by atoms with van der Waals surface area (Å²) in [6.07, 6.45) is 11.0. The van der Waals surface area contributed by atoms with Gasteiger partial charge in [0.1, 0.15) is 0 Å². The number of allylic oxidation sites excluding steroid dienone is 3. The SMILES string of the molecule is CC(C)C1C=CC(CO[Si](C)(C)C(C)(C)C)CC=CC(=O)CC1. The molecule has 0 N–H and O–H groups in total. The number of hydrogen-bond donors (Lipinski definition) is 0. The highest BCUT2D eigenvalue weighted by atomic mass is 28.4. The van der Waals surface area contributed by atoms with Crippen molar-refractivity contribution in [1.29, 1.82) is 0 Å². The van der Waals surface area contributed by atoms with Gasteiger partial charge in [0, 0.05) is 18.9 Å². The van der Waals surface area contributed by atoms with Crippen LogP contribution in [-0.2, 0) is 9.22 Å². The molecule has 0 bridgehead atoms. The van der Waals surface area contributed by atoms with Crippen LogP contribution >= 0.6 is 0 Å². The first-order chi connectivity index (χ1) is 10.5. The molecule has 132 valence electrons. The first-order valence-electron chi connectivity index (χ1n) is 9.04. The van der Waals surface area contributed by atoms with Crippen LogP contribution in [0.5, 0.6) is 0 Å². The molecule has 1 rings (SSSR count). The minimum Gasteiger partial charge on any atom is -0.416 e.